The summed E-state index contributed by atoms with van der Waals surface area (Å²) in [5.41, 5.74) is 4.66. The van der Waals surface area contributed by atoms with Gasteiger partial charge in [0.1, 0.15) is 5.82 Å². The first kappa shape index (κ1) is 12.3. The fraction of sp³-hybridized carbons (Fsp3) is 0.167. The highest BCUT2D eigenvalue weighted by Crippen LogP contribution is 2.24. The summed E-state index contributed by atoms with van der Waals surface area (Å²) in [6.45, 7) is 0. The largest absolute Gasteiger partial charge is 0.472 e. The zero-order valence-electron chi connectivity index (χ0n) is 8.99. The highest BCUT2D eigenvalue weighted by atomic mass is 79.9. The number of nitrogens with one attached hydrogen (secondary N) is 1. The van der Waals surface area contributed by atoms with Crippen LogP contribution in [-0.4, -0.2) is 0 Å². The van der Waals surface area contributed by atoms with Crippen molar-refractivity contribution in [3.63, 3.8) is 0 Å². The van der Waals surface area contributed by atoms with Crippen LogP contribution >= 0.6 is 15.9 Å². The minimum atomic E-state index is -0.263. The summed E-state index contributed by atoms with van der Waals surface area (Å²) in [4.78, 5) is 0. The lowest BCUT2D eigenvalue weighted by molar-refractivity contribution is 0.524. The third-order valence-electron chi connectivity index (χ3n) is 2.59. The summed E-state index contributed by atoms with van der Waals surface area (Å²) in [5.74, 6) is 5.25. The number of halogens is 2. The SMILES string of the molecule is NNC(Cc1ccc(F)cc1Br)c1ccoc1. The van der Waals surface area contributed by atoms with Gasteiger partial charge < -0.3 is 4.42 Å². The molecule has 0 bridgehead atoms. The standard InChI is InChI=1S/C12H12BrFN2O/c13-11-6-10(14)2-1-8(11)5-12(16-15)9-3-4-17-7-9/h1-4,6-7,12,16H,5,15H2. The second-order valence-electron chi connectivity index (χ2n) is 3.72. The summed E-state index contributed by atoms with van der Waals surface area (Å²) >= 11 is 3.34. The summed E-state index contributed by atoms with van der Waals surface area (Å²) in [5, 5.41) is 0. The number of rotatable bonds is 4. The van der Waals surface area contributed by atoms with Crippen molar-refractivity contribution < 1.29 is 8.81 Å². The fourth-order valence-corrected chi connectivity index (χ4v) is 2.17. The van der Waals surface area contributed by atoms with E-state index >= 15 is 0 Å². The van der Waals surface area contributed by atoms with Gasteiger partial charge >= 0.3 is 0 Å². The molecule has 90 valence electrons. The monoisotopic (exact) mass is 298 g/mol. The number of benzene rings is 1. The van der Waals surface area contributed by atoms with Gasteiger partial charge in [0.05, 0.1) is 18.6 Å². The first-order valence-corrected chi connectivity index (χ1v) is 5.92. The second-order valence-corrected chi connectivity index (χ2v) is 4.57. The van der Waals surface area contributed by atoms with Crippen LogP contribution in [0.5, 0.6) is 0 Å². The molecule has 2 aromatic rings. The Hall–Kier alpha value is -1.17. The smallest absolute Gasteiger partial charge is 0.124 e. The van der Waals surface area contributed by atoms with E-state index in [1.165, 1.54) is 12.1 Å². The average Bonchev–Trinajstić information content (AvgIpc) is 2.81. The number of hydrogen-bond acceptors (Lipinski definition) is 3. The first-order chi connectivity index (χ1) is 8.20. The van der Waals surface area contributed by atoms with Crippen molar-refractivity contribution in [2.75, 3.05) is 0 Å². The van der Waals surface area contributed by atoms with E-state index < -0.39 is 0 Å². The predicted molar refractivity (Wildman–Crippen MR) is 66.6 cm³/mol. The molecule has 1 aromatic carbocycles. The quantitative estimate of drug-likeness (QED) is 0.674. The van der Waals surface area contributed by atoms with Gasteiger partial charge in [0.2, 0.25) is 0 Å². The Morgan fingerprint density at radius 3 is 2.82 bits per heavy atom. The molecule has 3 nitrogen and oxygen atoms in total. The molecule has 0 aliphatic carbocycles. The first-order valence-electron chi connectivity index (χ1n) is 5.13. The van der Waals surface area contributed by atoms with Gasteiger partial charge in [-0.05, 0) is 30.2 Å². The number of hydrogen-bond donors (Lipinski definition) is 2. The van der Waals surface area contributed by atoms with Gasteiger partial charge in [-0.25, -0.2) is 4.39 Å². The maximum Gasteiger partial charge on any atom is 0.124 e. The van der Waals surface area contributed by atoms with Gasteiger partial charge in [-0.2, -0.15) is 0 Å². The maximum atomic E-state index is 13.0. The van der Waals surface area contributed by atoms with Crippen molar-refractivity contribution in [3.8, 4) is 0 Å². The highest BCUT2D eigenvalue weighted by Gasteiger charge is 2.13. The van der Waals surface area contributed by atoms with E-state index in [1.54, 1.807) is 18.6 Å². The molecule has 5 heteroatoms. The molecule has 1 heterocycles. The fourth-order valence-electron chi connectivity index (χ4n) is 1.65. The van der Waals surface area contributed by atoms with E-state index in [2.05, 4.69) is 21.4 Å². The van der Waals surface area contributed by atoms with Crippen LogP contribution in [0.1, 0.15) is 17.2 Å². The van der Waals surface area contributed by atoms with E-state index in [4.69, 9.17) is 10.3 Å². The topological polar surface area (TPSA) is 51.2 Å². The Labute approximate surface area is 107 Å². The third-order valence-corrected chi connectivity index (χ3v) is 3.32. The second kappa shape index (κ2) is 5.44. The van der Waals surface area contributed by atoms with Gasteiger partial charge in [0.25, 0.3) is 0 Å². The summed E-state index contributed by atoms with van der Waals surface area (Å²) in [6.07, 6.45) is 3.89. The van der Waals surface area contributed by atoms with Gasteiger partial charge in [-0.15, -0.1) is 0 Å². The Bertz CT molecular complexity index is 487. The van der Waals surface area contributed by atoms with Crippen LogP contribution in [-0.2, 0) is 6.42 Å². The molecular formula is C12H12BrFN2O. The average molecular weight is 299 g/mol. The molecule has 17 heavy (non-hydrogen) atoms. The van der Waals surface area contributed by atoms with E-state index in [0.29, 0.717) is 6.42 Å². The van der Waals surface area contributed by atoms with Crippen molar-refractivity contribution in [3.05, 3.63) is 58.2 Å². The van der Waals surface area contributed by atoms with Crippen molar-refractivity contribution in [2.45, 2.75) is 12.5 Å². The van der Waals surface area contributed by atoms with E-state index in [0.717, 1.165) is 15.6 Å². The van der Waals surface area contributed by atoms with Crippen LogP contribution in [0.2, 0.25) is 0 Å². The molecule has 3 N–H and O–H groups in total. The molecule has 1 atom stereocenters. The van der Waals surface area contributed by atoms with Crippen LogP contribution in [0.25, 0.3) is 0 Å². The van der Waals surface area contributed by atoms with Crippen molar-refractivity contribution >= 4 is 15.9 Å². The molecular weight excluding hydrogens is 287 g/mol. The Balaban J connectivity index is 2.19. The lowest BCUT2D eigenvalue weighted by Crippen LogP contribution is -2.29. The van der Waals surface area contributed by atoms with Gasteiger partial charge in [0, 0.05) is 10.0 Å². The molecule has 0 spiro atoms. The molecule has 0 saturated carbocycles. The highest BCUT2D eigenvalue weighted by molar-refractivity contribution is 9.10. The number of hydrazine groups is 1. The van der Waals surface area contributed by atoms with Crippen molar-refractivity contribution in [1.29, 1.82) is 0 Å². The van der Waals surface area contributed by atoms with Crippen LogP contribution in [0, 0.1) is 5.82 Å². The van der Waals surface area contributed by atoms with Crippen LogP contribution in [0.3, 0.4) is 0 Å². The van der Waals surface area contributed by atoms with E-state index in [9.17, 15) is 4.39 Å². The van der Waals surface area contributed by atoms with Gasteiger partial charge in [-0.1, -0.05) is 22.0 Å². The minimum Gasteiger partial charge on any atom is -0.472 e. The molecule has 1 aromatic heterocycles. The third kappa shape index (κ3) is 2.94. The Kier molecular flexibility index (Phi) is 3.93. The molecule has 0 amide bonds. The van der Waals surface area contributed by atoms with Crippen molar-refractivity contribution in [1.82, 2.24) is 5.43 Å². The van der Waals surface area contributed by atoms with E-state index in [1.807, 2.05) is 6.07 Å². The van der Waals surface area contributed by atoms with Gasteiger partial charge in [-0.3, -0.25) is 11.3 Å². The zero-order chi connectivity index (χ0) is 12.3. The van der Waals surface area contributed by atoms with E-state index in [-0.39, 0.29) is 11.9 Å². The molecule has 0 fully saturated rings. The van der Waals surface area contributed by atoms with Crippen LogP contribution in [0.15, 0.2) is 45.7 Å². The summed E-state index contributed by atoms with van der Waals surface area (Å²) in [6, 6.07) is 6.41. The predicted octanol–water partition coefficient (Wildman–Crippen LogP) is 2.93. The molecule has 0 saturated heterocycles. The Morgan fingerprint density at radius 2 is 2.24 bits per heavy atom. The lowest BCUT2D eigenvalue weighted by atomic mass is 10.0. The molecule has 1 unspecified atom stereocenters. The van der Waals surface area contributed by atoms with Crippen molar-refractivity contribution in [2.24, 2.45) is 5.84 Å². The number of nitrogens with two attached hydrogens (primary N) is 1. The van der Waals surface area contributed by atoms with Crippen LogP contribution < -0.4 is 11.3 Å². The normalized spacial score (nSPS) is 12.6. The Morgan fingerprint density at radius 1 is 1.41 bits per heavy atom. The summed E-state index contributed by atoms with van der Waals surface area (Å²) in [7, 11) is 0. The molecule has 2 rings (SSSR count). The molecule has 0 aliphatic rings. The maximum absolute atomic E-state index is 13.0. The van der Waals surface area contributed by atoms with Crippen LogP contribution in [0.4, 0.5) is 4.39 Å². The summed E-state index contributed by atoms with van der Waals surface area (Å²) < 4.78 is 18.7. The van der Waals surface area contributed by atoms with Gasteiger partial charge in [0.15, 0.2) is 0 Å². The molecule has 0 radical (unpaired) electrons. The minimum absolute atomic E-state index is 0.0597. The molecule has 0 aliphatic heterocycles. The lowest BCUT2D eigenvalue weighted by Gasteiger charge is -2.15. The number of furan rings is 1. The zero-order valence-corrected chi connectivity index (χ0v) is 10.6.